The Hall–Kier alpha value is -3.52. The highest BCUT2D eigenvalue weighted by Crippen LogP contribution is 2.49. The molecule has 0 bridgehead atoms. The van der Waals surface area contributed by atoms with E-state index in [2.05, 4.69) is 105 Å². The van der Waals surface area contributed by atoms with Gasteiger partial charge in [0, 0.05) is 21.1 Å². The average molecular weight is 845 g/mol. The molecule has 6 aromatic rings. The number of hydrogen-bond donors (Lipinski definition) is 0. The molecule has 0 saturated heterocycles. The number of ether oxygens (including phenoxy) is 1. The highest BCUT2D eigenvalue weighted by Gasteiger charge is 2.37. The normalized spacial score (nSPS) is 21.8. The van der Waals surface area contributed by atoms with Gasteiger partial charge in [-0.15, -0.1) is 0 Å². The zero-order valence-electron chi connectivity index (χ0n) is 29.2. The molecule has 1 nitrogen and oxygen atoms in total. The summed E-state index contributed by atoms with van der Waals surface area (Å²) < 4.78 is 66.5. The number of fused-ring (bicyclic) bond motifs is 2. The molecule has 0 amide bonds. The van der Waals surface area contributed by atoms with Gasteiger partial charge in [0.25, 0.3) is 0 Å². The summed E-state index contributed by atoms with van der Waals surface area (Å²) >= 11 is 7.23. The third kappa shape index (κ3) is 8.28. The second-order valence-electron chi connectivity index (χ2n) is 15.1. The third-order valence-corrected chi connectivity index (χ3v) is 12.7. The van der Waals surface area contributed by atoms with Crippen molar-refractivity contribution in [3.8, 4) is 0 Å². The van der Waals surface area contributed by atoms with E-state index >= 15 is 0 Å². The molecule has 0 radical (unpaired) electrons. The zero-order chi connectivity index (χ0) is 36.6. The minimum atomic E-state index is -0.533. The summed E-state index contributed by atoms with van der Waals surface area (Å²) in [5, 5.41) is 4.56. The number of rotatable bonds is 8. The summed E-state index contributed by atoms with van der Waals surface area (Å²) in [5.74, 6) is -1.56. The maximum atomic E-state index is 14.2. The molecule has 6 aromatic carbocycles. The van der Waals surface area contributed by atoms with E-state index in [1.165, 1.54) is 24.3 Å². The molecular formula is C46H40Br2F4O. The Bertz CT molecular complexity index is 2060. The first-order valence-electron chi connectivity index (χ1n) is 18.6. The molecule has 2 saturated carbocycles. The van der Waals surface area contributed by atoms with Crippen LogP contribution in [-0.2, 0) is 4.74 Å². The van der Waals surface area contributed by atoms with Crippen LogP contribution in [0.5, 0.6) is 0 Å². The lowest BCUT2D eigenvalue weighted by atomic mass is 9.74. The molecule has 53 heavy (non-hydrogen) atoms. The summed E-state index contributed by atoms with van der Waals surface area (Å²) in [6, 6.07) is 33.6. The monoisotopic (exact) mass is 842 g/mol. The van der Waals surface area contributed by atoms with Crippen LogP contribution in [-0.4, -0.2) is 0 Å². The molecule has 7 heteroatoms. The van der Waals surface area contributed by atoms with Crippen molar-refractivity contribution in [2.45, 2.75) is 75.4 Å². The van der Waals surface area contributed by atoms with Crippen molar-refractivity contribution < 1.29 is 22.3 Å². The standard InChI is InChI=1S/C46H40Br2F4O/c47-39-15-13-31-17-35(11-9-33(31)19-39)45(29-5-1-27(2-6-29)37-21-41(49)25-42(50)22-37)53-46(36-12-10-34-20-40(48)16-14-32(34)18-36)30-7-3-28(4-8-30)38-23-43(51)26-44(52)24-38/h9-30,45-46H,1-8H2. The van der Waals surface area contributed by atoms with Crippen LogP contribution in [0.3, 0.4) is 0 Å². The SMILES string of the molecule is Fc1cc(F)cc(C2CCC(C(OC(c3ccc4cc(Br)ccc4c3)C3CCC(c4cc(F)cc(F)c4)CC3)c3ccc4cc(Br)ccc4c3)CC2)c1. The summed E-state index contributed by atoms with van der Waals surface area (Å²) in [5.41, 5.74) is 3.70. The highest BCUT2D eigenvalue weighted by atomic mass is 79.9. The maximum Gasteiger partial charge on any atom is 0.126 e. The molecule has 0 heterocycles. The molecular weight excluding hydrogens is 804 g/mol. The van der Waals surface area contributed by atoms with Gasteiger partial charge in [0.15, 0.2) is 0 Å². The second-order valence-corrected chi connectivity index (χ2v) is 16.9. The van der Waals surface area contributed by atoms with Gasteiger partial charge in [0.05, 0.1) is 12.2 Å². The molecule has 0 aromatic heterocycles. The molecule has 2 fully saturated rings. The topological polar surface area (TPSA) is 9.23 Å². The van der Waals surface area contributed by atoms with Crippen LogP contribution in [0.2, 0.25) is 0 Å². The molecule has 2 aliphatic rings. The van der Waals surface area contributed by atoms with Gasteiger partial charge in [-0.2, -0.15) is 0 Å². The minimum absolute atomic E-state index is 0.0876. The Labute approximate surface area is 325 Å². The van der Waals surface area contributed by atoms with Crippen molar-refractivity contribution in [3.63, 3.8) is 0 Å². The Morgan fingerprint density at radius 1 is 0.415 bits per heavy atom. The largest absolute Gasteiger partial charge is 0.365 e. The molecule has 0 N–H and O–H groups in total. The first kappa shape index (κ1) is 36.5. The maximum absolute atomic E-state index is 14.2. The predicted molar refractivity (Wildman–Crippen MR) is 212 cm³/mol. The number of halogens is 6. The fraction of sp³-hybridized carbons (Fsp3) is 0.304. The lowest BCUT2D eigenvalue weighted by molar-refractivity contribution is -0.0878. The summed E-state index contributed by atoms with van der Waals surface area (Å²) in [6.45, 7) is 0. The fourth-order valence-electron chi connectivity index (χ4n) is 9.04. The first-order chi connectivity index (χ1) is 25.6. The van der Waals surface area contributed by atoms with E-state index in [0.717, 1.165) is 116 Å². The van der Waals surface area contributed by atoms with E-state index in [0.29, 0.717) is 0 Å². The van der Waals surface area contributed by atoms with Crippen molar-refractivity contribution in [2.75, 3.05) is 0 Å². The van der Waals surface area contributed by atoms with E-state index in [1.54, 1.807) is 0 Å². The third-order valence-electron chi connectivity index (χ3n) is 11.7. The van der Waals surface area contributed by atoms with E-state index in [-0.39, 0.29) is 35.9 Å². The van der Waals surface area contributed by atoms with Gasteiger partial charge in [-0.1, -0.05) is 68.3 Å². The van der Waals surface area contributed by atoms with Gasteiger partial charge in [0.1, 0.15) is 23.3 Å². The molecule has 2 atom stereocenters. The predicted octanol–water partition coefficient (Wildman–Crippen LogP) is 14.8. The summed E-state index contributed by atoms with van der Waals surface area (Å²) in [7, 11) is 0. The van der Waals surface area contributed by atoms with E-state index in [9.17, 15) is 17.6 Å². The lowest BCUT2D eigenvalue weighted by Gasteiger charge is -2.40. The van der Waals surface area contributed by atoms with Crippen LogP contribution < -0.4 is 0 Å². The Morgan fingerprint density at radius 2 is 0.755 bits per heavy atom. The van der Waals surface area contributed by atoms with Crippen LogP contribution in [0.1, 0.15) is 97.7 Å². The van der Waals surface area contributed by atoms with E-state index in [1.807, 2.05) is 0 Å². The molecule has 272 valence electrons. The second kappa shape index (κ2) is 15.7. The van der Waals surface area contributed by atoms with Crippen LogP contribution in [0.15, 0.2) is 118 Å². The molecule has 0 spiro atoms. The van der Waals surface area contributed by atoms with Gasteiger partial charge in [-0.05, 0) is 180 Å². The summed E-state index contributed by atoms with van der Waals surface area (Å²) in [6.07, 6.45) is 6.30. The van der Waals surface area contributed by atoms with E-state index in [4.69, 9.17) is 4.74 Å². The fourth-order valence-corrected chi connectivity index (χ4v) is 9.80. The molecule has 0 aliphatic heterocycles. The minimum Gasteiger partial charge on any atom is -0.365 e. The van der Waals surface area contributed by atoms with Crippen LogP contribution in [0.4, 0.5) is 17.6 Å². The van der Waals surface area contributed by atoms with Crippen LogP contribution in [0.25, 0.3) is 21.5 Å². The molecule has 2 aliphatic carbocycles. The number of hydrogen-bond acceptors (Lipinski definition) is 1. The lowest BCUT2D eigenvalue weighted by Crippen LogP contribution is -2.28. The van der Waals surface area contributed by atoms with Crippen molar-refractivity contribution in [1.29, 1.82) is 0 Å². The van der Waals surface area contributed by atoms with Gasteiger partial charge in [-0.3, -0.25) is 0 Å². The quantitative estimate of drug-likeness (QED) is 0.139. The zero-order valence-corrected chi connectivity index (χ0v) is 32.4. The molecule has 8 rings (SSSR count). The highest BCUT2D eigenvalue weighted by molar-refractivity contribution is 9.10. The van der Waals surface area contributed by atoms with Gasteiger partial charge in [-0.25, -0.2) is 17.6 Å². The smallest absolute Gasteiger partial charge is 0.126 e. The van der Waals surface area contributed by atoms with Crippen molar-refractivity contribution >= 4 is 53.4 Å². The Morgan fingerprint density at radius 3 is 1.13 bits per heavy atom. The van der Waals surface area contributed by atoms with Gasteiger partial charge in [0.2, 0.25) is 0 Å². The number of benzene rings is 6. The van der Waals surface area contributed by atoms with E-state index < -0.39 is 23.3 Å². The van der Waals surface area contributed by atoms with Crippen molar-refractivity contribution in [3.05, 3.63) is 164 Å². The first-order valence-corrected chi connectivity index (χ1v) is 20.2. The van der Waals surface area contributed by atoms with Gasteiger partial charge >= 0.3 is 0 Å². The average Bonchev–Trinajstić information content (AvgIpc) is 3.14. The van der Waals surface area contributed by atoms with Gasteiger partial charge < -0.3 is 4.74 Å². The van der Waals surface area contributed by atoms with Crippen LogP contribution in [0, 0.1) is 35.1 Å². The van der Waals surface area contributed by atoms with Crippen molar-refractivity contribution in [1.82, 2.24) is 0 Å². The van der Waals surface area contributed by atoms with Crippen molar-refractivity contribution in [2.24, 2.45) is 11.8 Å². The Kier molecular flexibility index (Phi) is 10.8. The molecule has 2 unspecified atom stereocenters. The van der Waals surface area contributed by atoms with Crippen LogP contribution >= 0.6 is 31.9 Å². The summed E-state index contributed by atoms with van der Waals surface area (Å²) in [4.78, 5) is 0. The Balaban J connectivity index is 1.14.